The lowest BCUT2D eigenvalue weighted by atomic mass is 10.1. The van der Waals surface area contributed by atoms with E-state index in [9.17, 15) is 0 Å². The van der Waals surface area contributed by atoms with E-state index in [0.29, 0.717) is 0 Å². The number of hydrogen-bond donors (Lipinski definition) is 2. The normalized spacial score (nSPS) is 9.55. The lowest BCUT2D eigenvalue weighted by Gasteiger charge is -1.95. The molecular weight excluding hydrogens is 255 g/mol. The van der Waals surface area contributed by atoms with Crippen molar-refractivity contribution in [3.63, 3.8) is 0 Å². The minimum absolute atomic E-state index is 0.543. The minimum Gasteiger partial charge on any atom is -0.481 e. The Labute approximate surface area is 81.5 Å². The zero-order valence-corrected chi connectivity index (χ0v) is 8.75. The van der Waals surface area contributed by atoms with Crippen LogP contribution < -0.4 is 0 Å². The highest BCUT2D eigenvalue weighted by molar-refractivity contribution is 14.1. The van der Waals surface area contributed by atoms with E-state index in [0.717, 1.165) is 12.8 Å². The molecule has 0 heterocycles. The molecule has 0 aliphatic carbocycles. The number of aliphatic hydroxyl groups is 2. The van der Waals surface area contributed by atoms with Crippen molar-refractivity contribution in [2.45, 2.75) is 32.1 Å². The maximum atomic E-state index is 8.37. The van der Waals surface area contributed by atoms with Crippen molar-refractivity contribution in [2.75, 3.05) is 4.43 Å². The Morgan fingerprint density at radius 2 is 1.73 bits per heavy atom. The van der Waals surface area contributed by atoms with Crippen LogP contribution in [0.4, 0.5) is 0 Å². The van der Waals surface area contributed by atoms with Crippen molar-refractivity contribution in [1.29, 1.82) is 0 Å². The quantitative estimate of drug-likeness (QED) is 0.336. The lowest BCUT2D eigenvalue weighted by Crippen LogP contribution is -1.80. The lowest BCUT2D eigenvalue weighted by molar-refractivity contribution is 0.189. The summed E-state index contributed by atoms with van der Waals surface area (Å²) in [5.74, 6) is -0.543. The summed E-state index contributed by atoms with van der Waals surface area (Å²) in [5, 5.41) is 16.7. The molecule has 0 unspecified atom stereocenters. The Morgan fingerprint density at radius 1 is 1.09 bits per heavy atom. The van der Waals surface area contributed by atoms with Gasteiger partial charge in [-0.1, -0.05) is 35.4 Å². The van der Waals surface area contributed by atoms with Gasteiger partial charge in [0.25, 0.3) is 5.95 Å². The number of hydrogen-bond acceptors (Lipinski definition) is 2. The standard InChI is InChI=1S/C8H15IO2/c9-7-5-3-1-2-4-6-8(10)11/h6,10-11H,1-5,7H2. The number of unbranched alkanes of at least 4 members (excludes halogenated alkanes) is 4. The molecule has 2 nitrogen and oxygen atoms in total. The van der Waals surface area contributed by atoms with Gasteiger partial charge in [0, 0.05) is 0 Å². The summed E-state index contributed by atoms with van der Waals surface area (Å²) in [6.07, 6.45) is 7.00. The van der Waals surface area contributed by atoms with Gasteiger partial charge in [-0.05, 0) is 29.8 Å². The van der Waals surface area contributed by atoms with Gasteiger partial charge in [0.15, 0.2) is 0 Å². The molecule has 0 amide bonds. The van der Waals surface area contributed by atoms with Crippen molar-refractivity contribution in [3.8, 4) is 0 Å². The first kappa shape index (κ1) is 11.1. The molecule has 0 aromatic heterocycles. The summed E-state index contributed by atoms with van der Waals surface area (Å²) in [6, 6.07) is 0. The number of aliphatic hydroxyl groups excluding tert-OH is 1. The first-order valence-electron chi connectivity index (χ1n) is 3.91. The highest BCUT2D eigenvalue weighted by Crippen LogP contribution is 2.05. The van der Waals surface area contributed by atoms with Crippen LogP contribution in [0, 0.1) is 0 Å². The van der Waals surface area contributed by atoms with Gasteiger partial charge in [-0.3, -0.25) is 0 Å². The van der Waals surface area contributed by atoms with Gasteiger partial charge in [0.2, 0.25) is 0 Å². The second-order valence-electron chi connectivity index (χ2n) is 2.45. The van der Waals surface area contributed by atoms with Crippen LogP contribution in [0.15, 0.2) is 12.0 Å². The molecule has 0 bridgehead atoms. The Hall–Kier alpha value is 0.0700. The van der Waals surface area contributed by atoms with Gasteiger partial charge >= 0.3 is 0 Å². The van der Waals surface area contributed by atoms with Crippen molar-refractivity contribution < 1.29 is 10.2 Å². The molecule has 0 atom stereocenters. The average Bonchev–Trinajstić information content (AvgIpc) is 1.96. The highest BCUT2D eigenvalue weighted by atomic mass is 127. The second kappa shape index (κ2) is 8.17. The number of halogens is 1. The van der Waals surface area contributed by atoms with E-state index in [4.69, 9.17) is 10.2 Å². The largest absolute Gasteiger partial charge is 0.481 e. The third-order valence-corrected chi connectivity index (χ3v) is 2.18. The van der Waals surface area contributed by atoms with Gasteiger partial charge in [-0.2, -0.15) is 0 Å². The van der Waals surface area contributed by atoms with Crippen LogP contribution in [-0.4, -0.2) is 14.6 Å². The van der Waals surface area contributed by atoms with Gasteiger partial charge < -0.3 is 10.2 Å². The molecule has 3 heteroatoms. The predicted molar refractivity (Wildman–Crippen MR) is 55.3 cm³/mol. The van der Waals surface area contributed by atoms with Gasteiger partial charge in [-0.25, -0.2) is 0 Å². The monoisotopic (exact) mass is 270 g/mol. The zero-order valence-electron chi connectivity index (χ0n) is 6.59. The molecule has 0 aromatic carbocycles. The number of allylic oxidation sites excluding steroid dienone is 1. The van der Waals surface area contributed by atoms with Crippen LogP contribution >= 0.6 is 22.6 Å². The first-order chi connectivity index (χ1) is 5.27. The maximum Gasteiger partial charge on any atom is 0.269 e. The van der Waals surface area contributed by atoms with Gasteiger partial charge in [0.1, 0.15) is 0 Å². The van der Waals surface area contributed by atoms with E-state index in [-0.39, 0.29) is 0 Å². The van der Waals surface area contributed by atoms with Crippen molar-refractivity contribution in [3.05, 3.63) is 12.0 Å². The summed E-state index contributed by atoms with van der Waals surface area (Å²) < 4.78 is 1.22. The van der Waals surface area contributed by atoms with Crippen LogP contribution in [0.1, 0.15) is 32.1 Å². The fourth-order valence-electron chi connectivity index (χ4n) is 0.824. The molecule has 66 valence electrons. The van der Waals surface area contributed by atoms with E-state index >= 15 is 0 Å². The molecule has 0 saturated heterocycles. The molecule has 0 radical (unpaired) electrons. The molecular formula is C8H15IO2. The molecule has 0 fully saturated rings. The molecule has 0 aliphatic heterocycles. The molecule has 0 aliphatic rings. The number of alkyl halides is 1. The predicted octanol–water partition coefficient (Wildman–Crippen LogP) is 3.33. The van der Waals surface area contributed by atoms with E-state index in [1.807, 2.05) is 0 Å². The summed E-state index contributed by atoms with van der Waals surface area (Å²) in [6.45, 7) is 0. The second-order valence-corrected chi connectivity index (χ2v) is 3.53. The fraction of sp³-hybridized carbons (Fsp3) is 0.750. The van der Waals surface area contributed by atoms with Crippen molar-refractivity contribution >= 4 is 22.6 Å². The Balaban J connectivity index is 2.97. The van der Waals surface area contributed by atoms with E-state index in [1.54, 1.807) is 0 Å². The number of rotatable bonds is 6. The Morgan fingerprint density at radius 3 is 2.27 bits per heavy atom. The Bertz CT molecular complexity index is 109. The highest BCUT2D eigenvalue weighted by Gasteiger charge is 1.88. The smallest absolute Gasteiger partial charge is 0.269 e. The molecule has 0 spiro atoms. The van der Waals surface area contributed by atoms with Crippen LogP contribution in [0.3, 0.4) is 0 Å². The Kier molecular flexibility index (Phi) is 8.22. The molecule has 2 N–H and O–H groups in total. The van der Waals surface area contributed by atoms with Crippen LogP contribution in [-0.2, 0) is 0 Å². The van der Waals surface area contributed by atoms with E-state index in [2.05, 4.69) is 22.6 Å². The molecule has 11 heavy (non-hydrogen) atoms. The van der Waals surface area contributed by atoms with E-state index in [1.165, 1.54) is 29.8 Å². The third-order valence-electron chi connectivity index (χ3n) is 1.41. The zero-order chi connectivity index (χ0) is 8.53. The summed E-state index contributed by atoms with van der Waals surface area (Å²) in [5.41, 5.74) is 0. The van der Waals surface area contributed by atoms with Crippen LogP contribution in [0.5, 0.6) is 0 Å². The maximum absolute atomic E-state index is 8.37. The van der Waals surface area contributed by atoms with Crippen LogP contribution in [0.25, 0.3) is 0 Å². The minimum atomic E-state index is -0.543. The van der Waals surface area contributed by atoms with E-state index < -0.39 is 5.95 Å². The summed E-state index contributed by atoms with van der Waals surface area (Å²) in [4.78, 5) is 0. The van der Waals surface area contributed by atoms with Gasteiger partial charge in [-0.15, -0.1) is 0 Å². The molecule has 0 saturated carbocycles. The molecule has 0 rings (SSSR count). The average molecular weight is 270 g/mol. The van der Waals surface area contributed by atoms with Crippen molar-refractivity contribution in [2.24, 2.45) is 0 Å². The van der Waals surface area contributed by atoms with Crippen molar-refractivity contribution in [1.82, 2.24) is 0 Å². The third kappa shape index (κ3) is 10.1. The first-order valence-corrected chi connectivity index (χ1v) is 5.44. The van der Waals surface area contributed by atoms with Gasteiger partial charge in [0.05, 0.1) is 0 Å². The topological polar surface area (TPSA) is 40.5 Å². The SMILES string of the molecule is OC(O)=CCCCCCCI. The summed E-state index contributed by atoms with van der Waals surface area (Å²) >= 11 is 2.37. The van der Waals surface area contributed by atoms with Crippen LogP contribution in [0.2, 0.25) is 0 Å². The summed E-state index contributed by atoms with van der Waals surface area (Å²) in [7, 11) is 0. The fourth-order valence-corrected chi connectivity index (χ4v) is 1.36. The molecule has 0 aromatic rings.